The number of hydrogen-bond acceptors (Lipinski definition) is 6. The van der Waals surface area contributed by atoms with Crippen LogP contribution >= 0.6 is 11.8 Å². The fraction of sp³-hybridized carbons (Fsp3) is 0.304. The molecule has 0 radical (unpaired) electrons. The largest absolute Gasteiger partial charge is 0.454 e. The average Bonchev–Trinajstić information content (AvgIpc) is 2.79. The summed E-state index contributed by atoms with van der Waals surface area (Å²) in [5.41, 5.74) is 2.43. The Balaban J connectivity index is 1.64. The summed E-state index contributed by atoms with van der Waals surface area (Å²) in [6, 6.07) is 13.1. The van der Waals surface area contributed by atoms with Crippen molar-refractivity contribution in [2.24, 2.45) is 0 Å². The number of para-hydroxylation sites is 2. The molecule has 0 unspecified atom stereocenters. The normalized spacial score (nSPS) is 13.6. The monoisotopic (exact) mass is 455 g/mol. The van der Waals surface area contributed by atoms with Gasteiger partial charge in [0.25, 0.3) is 11.8 Å². The Morgan fingerprint density at radius 2 is 1.97 bits per heavy atom. The van der Waals surface area contributed by atoms with Gasteiger partial charge in [0, 0.05) is 5.56 Å². The maximum Gasteiger partial charge on any atom is 0.329 e. The van der Waals surface area contributed by atoms with Gasteiger partial charge in [0.2, 0.25) is 5.91 Å². The van der Waals surface area contributed by atoms with Crippen LogP contribution in [0, 0.1) is 6.92 Å². The summed E-state index contributed by atoms with van der Waals surface area (Å²) in [6.07, 6.45) is 2.26. The molecule has 2 aromatic rings. The molecule has 2 aromatic carbocycles. The number of benzene rings is 2. The third-order valence-corrected chi connectivity index (χ3v) is 5.53. The SMILES string of the molecule is CSCC[C@H](NC(=O)c1cccc(C)c1)C(=O)OCC(=O)N1CC(=O)Nc2ccccc21. The van der Waals surface area contributed by atoms with Gasteiger partial charge in [0.15, 0.2) is 6.61 Å². The molecule has 2 N–H and O–H groups in total. The lowest BCUT2D eigenvalue weighted by Gasteiger charge is -2.29. The van der Waals surface area contributed by atoms with Gasteiger partial charge in [0.05, 0.1) is 11.4 Å². The quantitative estimate of drug-likeness (QED) is 0.592. The summed E-state index contributed by atoms with van der Waals surface area (Å²) in [7, 11) is 0. The van der Waals surface area contributed by atoms with Crippen molar-refractivity contribution >= 4 is 46.8 Å². The Hall–Kier alpha value is -3.33. The number of nitrogens with one attached hydrogen (secondary N) is 2. The van der Waals surface area contributed by atoms with Crippen molar-refractivity contribution in [3.8, 4) is 0 Å². The van der Waals surface area contributed by atoms with Crippen LogP contribution in [0.3, 0.4) is 0 Å². The van der Waals surface area contributed by atoms with Crippen molar-refractivity contribution in [3.05, 3.63) is 59.7 Å². The molecular formula is C23H25N3O5S. The summed E-state index contributed by atoms with van der Waals surface area (Å²) >= 11 is 1.53. The van der Waals surface area contributed by atoms with E-state index < -0.39 is 24.5 Å². The zero-order valence-corrected chi connectivity index (χ0v) is 18.7. The molecule has 3 amide bonds. The van der Waals surface area contributed by atoms with Gasteiger partial charge in [-0.25, -0.2) is 4.79 Å². The van der Waals surface area contributed by atoms with E-state index in [9.17, 15) is 19.2 Å². The van der Waals surface area contributed by atoms with Crippen LogP contribution in [0.4, 0.5) is 11.4 Å². The third kappa shape index (κ3) is 5.88. The Morgan fingerprint density at radius 3 is 2.72 bits per heavy atom. The van der Waals surface area contributed by atoms with Crippen LogP contribution in [0.15, 0.2) is 48.5 Å². The Labute approximate surface area is 190 Å². The van der Waals surface area contributed by atoms with E-state index in [0.717, 1.165) is 5.56 Å². The number of rotatable bonds is 8. The molecule has 1 aliphatic heterocycles. The Bertz CT molecular complexity index is 1030. The standard InChI is InChI=1S/C23H25N3O5S/c1-15-6-5-7-16(12-15)22(29)25-18(10-11-32-2)23(30)31-14-21(28)26-13-20(27)24-17-8-3-4-9-19(17)26/h3-9,12,18H,10-11,13-14H2,1-2H3,(H,24,27)(H,25,29)/t18-/m0/s1. The maximum atomic E-state index is 12.7. The molecule has 9 heteroatoms. The van der Waals surface area contributed by atoms with E-state index >= 15 is 0 Å². The van der Waals surface area contributed by atoms with Gasteiger partial charge in [-0.1, -0.05) is 29.8 Å². The molecular weight excluding hydrogens is 430 g/mol. The fourth-order valence-corrected chi connectivity index (χ4v) is 3.75. The Kier molecular flexibility index (Phi) is 7.88. The molecule has 1 aliphatic rings. The van der Waals surface area contributed by atoms with Gasteiger partial charge in [-0.2, -0.15) is 11.8 Å². The van der Waals surface area contributed by atoms with Crippen LogP contribution in [0.2, 0.25) is 0 Å². The first-order valence-electron chi connectivity index (χ1n) is 10.1. The predicted molar refractivity (Wildman–Crippen MR) is 124 cm³/mol. The maximum absolute atomic E-state index is 12.7. The third-order valence-electron chi connectivity index (χ3n) is 4.89. The molecule has 0 saturated heterocycles. The van der Waals surface area contributed by atoms with Crippen LogP contribution in [0.5, 0.6) is 0 Å². The second-order valence-electron chi connectivity index (χ2n) is 7.33. The van der Waals surface area contributed by atoms with Crippen molar-refractivity contribution < 1.29 is 23.9 Å². The lowest BCUT2D eigenvalue weighted by molar-refractivity contribution is -0.149. The number of hydrogen-bond donors (Lipinski definition) is 2. The molecule has 1 heterocycles. The zero-order chi connectivity index (χ0) is 23.1. The van der Waals surface area contributed by atoms with Gasteiger partial charge < -0.3 is 15.4 Å². The highest BCUT2D eigenvalue weighted by molar-refractivity contribution is 7.98. The minimum Gasteiger partial charge on any atom is -0.454 e. The minimum absolute atomic E-state index is 0.159. The fourth-order valence-electron chi connectivity index (χ4n) is 3.28. The second-order valence-corrected chi connectivity index (χ2v) is 8.32. The number of thioether (sulfide) groups is 1. The predicted octanol–water partition coefficient (Wildman–Crippen LogP) is 2.38. The van der Waals surface area contributed by atoms with Gasteiger partial charge in [-0.05, 0) is 49.6 Å². The number of fused-ring (bicyclic) bond motifs is 1. The van der Waals surface area contributed by atoms with Gasteiger partial charge >= 0.3 is 5.97 Å². The molecule has 0 spiro atoms. The van der Waals surface area contributed by atoms with E-state index in [1.165, 1.54) is 16.7 Å². The Morgan fingerprint density at radius 1 is 1.19 bits per heavy atom. The number of anilines is 2. The molecule has 32 heavy (non-hydrogen) atoms. The van der Waals surface area contributed by atoms with Crippen LogP contribution in [-0.4, -0.2) is 54.9 Å². The molecule has 0 fully saturated rings. The summed E-state index contributed by atoms with van der Waals surface area (Å²) in [5.74, 6) is -1.30. The lowest BCUT2D eigenvalue weighted by Crippen LogP contribution is -2.46. The van der Waals surface area contributed by atoms with Crippen molar-refractivity contribution in [2.75, 3.05) is 35.4 Å². The van der Waals surface area contributed by atoms with E-state index in [1.807, 2.05) is 19.2 Å². The van der Waals surface area contributed by atoms with E-state index in [-0.39, 0.29) is 18.4 Å². The molecule has 0 bridgehead atoms. The van der Waals surface area contributed by atoms with Crippen molar-refractivity contribution in [3.63, 3.8) is 0 Å². The number of amides is 3. The second kappa shape index (κ2) is 10.8. The van der Waals surface area contributed by atoms with E-state index in [0.29, 0.717) is 29.1 Å². The lowest BCUT2D eigenvalue weighted by atomic mass is 10.1. The summed E-state index contributed by atoms with van der Waals surface area (Å²) in [4.78, 5) is 51.2. The molecule has 168 valence electrons. The first-order chi connectivity index (χ1) is 15.4. The summed E-state index contributed by atoms with van der Waals surface area (Å²) < 4.78 is 5.24. The first kappa shape index (κ1) is 23.3. The van der Waals surface area contributed by atoms with E-state index in [2.05, 4.69) is 10.6 Å². The number of nitrogens with zero attached hydrogens (tertiary/aromatic N) is 1. The topological polar surface area (TPSA) is 105 Å². The van der Waals surface area contributed by atoms with E-state index in [4.69, 9.17) is 4.74 Å². The van der Waals surface area contributed by atoms with Crippen molar-refractivity contribution in [2.45, 2.75) is 19.4 Å². The number of carbonyl (C=O) groups is 4. The molecule has 8 nitrogen and oxygen atoms in total. The highest BCUT2D eigenvalue weighted by Crippen LogP contribution is 2.28. The van der Waals surface area contributed by atoms with Gasteiger partial charge in [0.1, 0.15) is 12.6 Å². The summed E-state index contributed by atoms with van der Waals surface area (Å²) in [6.45, 7) is 1.19. The van der Waals surface area contributed by atoms with Crippen LogP contribution in [0.25, 0.3) is 0 Å². The first-order valence-corrected chi connectivity index (χ1v) is 11.5. The smallest absolute Gasteiger partial charge is 0.329 e. The molecule has 3 rings (SSSR count). The number of carbonyl (C=O) groups excluding carboxylic acids is 4. The number of esters is 1. The van der Waals surface area contributed by atoms with Crippen LogP contribution in [-0.2, 0) is 19.1 Å². The minimum atomic E-state index is -0.889. The highest BCUT2D eigenvalue weighted by Gasteiger charge is 2.29. The number of aryl methyl sites for hydroxylation is 1. The molecule has 0 saturated carbocycles. The molecule has 0 aromatic heterocycles. The zero-order valence-electron chi connectivity index (χ0n) is 17.9. The van der Waals surface area contributed by atoms with Crippen molar-refractivity contribution in [1.82, 2.24) is 5.32 Å². The summed E-state index contributed by atoms with van der Waals surface area (Å²) in [5, 5.41) is 5.41. The van der Waals surface area contributed by atoms with Crippen LogP contribution < -0.4 is 15.5 Å². The molecule has 1 atom stereocenters. The van der Waals surface area contributed by atoms with Gasteiger partial charge in [-0.15, -0.1) is 0 Å². The number of ether oxygens (including phenoxy) is 1. The van der Waals surface area contributed by atoms with Crippen molar-refractivity contribution in [1.29, 1.82) is 0 Å². The van der Waals surface area contributed by atoms with E-state index in [1.54, 1.807) is 42.5 Å². The molecule has 0 aliphatic carbocycles. The van der Waals surface area contributed by atoms with Crippen LogP contribution in [0.1, 0.15) is 22.3 Å². The average molecular weight is 456 g/mol. The highest BCUT2D eigenvalue weighted by atomic mass is 32.2. The van der Waals surface area contributed by atoms with Gasteiger partial charge in [-0.3, -0.25) is 19.3 Å².